The quantitative estimate of drug-likeness (QED) is 0.474. The summed E-state index contributed by atoms with van der Waals surface area (Å²) in [6, 6.07) is 9.19. The van der Waals surface area contributed by atoms with E-state index < -0.39 is 28.5 Å². The van der Waals surface area contributed by atoms with Crippen LogP contribution >= 0.6 is 11.3 Å². The van der Waals surface area contributed by atoms with Gasteiger partial charge in [-0.25, -0.2) is 27.9 Å². The highest BCUT2D eigenvalue weighted by molar-refractivity contribution is 7.92. The minimum atomic E-state index is -3.90. The van der Waals surface area contributed by atoms with Gasteiger partial charge < -0.3 is 10.1 Å². The third-order valence-corrected chi connectivity index (χ3v) is 7.75. The number of hydrogen-bond acceptors (Lipinski definition) is 8. The lowest BCUT2D eigenvalue weighted by Gasteiger charge is -2.09. The third-order valence-electron chi connectivity index (χ3n) is 5.19. The molecule has 0 radical (unpaired) electrons. The van der Waals surface area contributed by atoms with Crippen molar-refractivity contribution in [2.45, 2.75) is 44.4 Å². The van der Waals surface area contributed by atoms with Gasteiger partial charge in [-0.05, 0) is 81.5 Å². The Hall–Kier alpha value is -3.31. The number of fused-ring (bicyclic) bond motifs is 1. The number of esters is 1. The largest absolute Gasteiger partial charge is 0.451 e. The van der Waals surface area contributed by atoms with E-state index in [1.807, 2.05) is 6.07 Å². The average molecular weight is 501 g/mol. The van der Waals surface area contributed by atoms with Gasteiger partial charge in [0.2, 0.25) is 5.95 Å². The zero-order chi connectivity index (χ0) is 24.3. The third kappa shape index (κ3) is 5.78. The number of anilines is 2. The normalized spacial score (nSPS) is 13.1. The second kappa shape index (κ2) is 9.90. The fraction of sp³-hybridized carbons (Fsp3) is 0.304. The van der Waals surface area contributed by atoms with E-state index in [9.17, 15) is 18.0 Å². The summed E-state index contributed by atoms with van der Waals surface area (Å²) in [6.07, 6.45) is 4.20. The minimum absolute atomic E-state index is 0.0108. The maximum absolute atomic E-state index is 12.6. The van der Waals surface area contributed by atoms with Crippen LogP contribution in [-0.4, -0.2) is 36.9 Å². The lowest BCUT2D eigenvalue weighted by atomic mass is 9.99. The van der Waals surface area contributed by atoms with E-state index in [1.54, 1.807) is 19.9 Å². The molecule has 1 aliphatic rings. The zero-order valence-electron chi connectivity index (χ0n) is 18.8. The summed E-state index contributed by atoms with van der Waals surface area (Å²) in [4.78, 5) is 34.4. The highest BCUT2D eigenvalue weighted by Gasteiger charge is 2.19. The van der Waals surface area contributed by atoms with Crippen molar-refractivity contribution in [2.24, 2.45) is 0 Å². The Kier molecular flexibility index (Phi) is 6.94. The van der Waals surface area contributed by atoms with Gasteiger partial charge in [-0.2, -0.15) is 0 Å². The Morgan fingerprint density at radius 1 is 1.03 bits per heavy atom. The molecule has 0 spiro atoms. The van der Waals surface area contributed by atoms with Crippen LogP contribution in [-0.2, 0) is 32.4 Å². The summed E-state index contributed by atoms with van der Waals surface area (Å²) >= 11 is 1.43. The Labute approximate surface area is 201 Å². The highest BCUT2D eigenvalue weighted by atomic mass is 32.2. The number of benzene rings is 1. The lowest BCUT2D eigenvalue weighted by molar-refractivity contribution is -0.119. The molecule has 2 N–H and O–H groups in total. The Morgan fingerprint density at radius 2 is 1.71 bits per heavy atom. The molecule has 0 atom stereocenters. The number of sulfonamides is 1. The number of hydrogen-bond donors (Lipinski definition) is 2. The molecule has 2 heterocycles. The van der Waals surface area contributed by atoms with Gasteiger partial charge in [0, 0.05) is 22.0 Å². The summed E-state index contributed by atoms with van der Waals surface area (Å²) in [6.45, 7) is 3.05. The van der Waals surface area contributed by atoms with Crippen LogP contribution in [0, 0.1) is 13.8 Å². The van der Waals surface area contributed by atoms with E-state index >= 15 is 0 Å². The van der Waals surface area contributed by atoms with E-state index in [-0.39, 0.29) is 10.8 Å². The monoisotopic (exact) mass is 500 g/mol. The van der Waals surface area contributed by atoms with Gasteiger partial charge in [0.25, 0.3) is 15.9 Å². The second-order valence-electron chi connectivity index (χ2n) is 7.99. The van der Waals surface area contributed by atoms with Crippen molar-refractivity contribution in [2.75, 3.05) is 16.6 Å². The van der Waals surface area contributed by atoms with Crippen molar-refractivity contribution in [1.29, 1.82) is 0 Å². The minimum Gasteiger partial charge on any atom is -0.451 e. The molecule has 1 aromatic carbocycles. The van der Waals surface area contributed by atoms with E-state index in [1.165, 1.54) is 46.0 Å². The van der Waals surface area contributed by atoms with Crippen LogP contribution in [0.25, 0.3) is 0 Å². The molecule has 3 aromatic rings. The van der Waals surface area contributed by atoms with Crippen molar-refractivity contribution < 1.29 is 22.7 Å². The molecule has 0 saturated heterocycles. The molecule has 1 aliphatic carbocycles. The molecular weight excluding hydrogens is 476 g/mol. The van der Waals surface area contributed by atoms with E-state index in [4.69, 9.17) is 4.74 Å². The molecule has 0 saturated carbocycles. The van der Waals surface area contributed by atoms with Gasteiger partial charge in [0.05, 0.1) is 4.90 Å². The zero-order valence-corrected chi connectivity index (χ0v) is 20.4. The number of nitrogens with one attached hydrogen (secondary N) is 2. The molecule has 1 amide bonds. The number of aryl methyl sites for hydroxylation is 4. The lowest BCUT2D eigenvalue weighted by Crippen LogP contribution is -2.20. The second-order valence-corrected chi connectivity index (χ2v) is 10.8. The number of rotatable bonds is 7. The van der Waals surface area contributed by atoms with E-state index in [2.05, 4.69) is 20.0 Å². The van der Waals surface area contributed by atoms with Crippen LogP contribution < -0.4 is 10.0 Å². The fourth-order valence-electron chi connectivity index (χ4n) is 3.66. The van der Waals surface area contributed by atoms with E-state index in [0.717, 1.165) is 25.7 Å². The van der Waals surface area contributed by atoms with Crippen LogP contribution in [0.15, 0.2) is 41.3 Å². The summed E-state index contributed by atoms with van der Waals surface area (Å²) in [5.74, 6) is -1.05. The van der Waals surface area contributed by atoms with Crippen LogP contribution in [0.1, 0.15) is 44.3 Å². The predicted octanol–water partition coefficient (Wildman–Crippen LogP) is 3.63. The van der Waals surface area contributed by atoms with Gasteiger partial charge in [-0.3, -0.25) is 4.79 Å². The first-order valence-electron chi connectivity index (χ1n) is 10.7. The molecule has 11 heteroatoms. The number of ether oxygens (including phenoxy) is 1. The van der Waals surface area contributed by atoms with Crippen molar-refractivity contribution in [3.63, 3.8) is 0 Å². The maximum atomic E-state index is 12.6. The van der Waals surface area contributed by atoms with Crippen LogP contribution in [0.4, 0.5) is 11.6 Å². The van der Waals surface area contributed by atoms with Crippen molar-refractivity contribution in [1.82, 2.24) is 9.97 Å². The van der Waals surface area contributed by atoms with Crippen LogP contribution in [0.5, 0.6) is 0 Å². The molecular formula is C23H24N4O5S2. The first-order valence-corrected chi connectivity index (χ1v) is 13.0. The first kappa shape index (κ1) is 23.8. The summed E-state index contributed by atoms with van der Waals surface area (Å²) in [7, 11) is -3.90. The SMILES string of the molecule is Cc1cc(C)nc(NS(=O)(=O)c2ccc(NC(=O)COC(=O)c3cc4c(s3)CCCC4)cc2)n1. The van der Waals surface area contributed by atoms with Crippen molar-refractivity contribution >= 4 is 44.9 Å². The number of nitrogens with zero attached hydrogens (tertiary/aromatic N) is 2. The average Bonchev–Trinajstić information content (AvgIpc) is 3.21. The number of carbonyl (C=O) groups excluding carboxylic acids is 2. The molecule has 0 unspecified atom stereocenters. The molecule has 4 rings (SSSR count). The fourth-order valence-corrected chi connectivity index (χ4v) is 5.75. The summed E-state index contributed by atoms with van der Waals surface area (Å²) < 4.78 is 32.7. The standard InChI is InChI=1S/C23H24N4O5S2/c1-14-11-15(2)25-23(24-14)27-34(30,31)18-9-7-17(8-10-18)26-21(28)13-32-22(29)20-12-16-5-3-4-6-19(16)33-20/h7-12H,3-6,13H2,1-2H3,(H,26,28)(H,24,25,27). The summed E-state index contributed by atoms with van der Waals surface area (Å²) in [5, 5.41) is 2.59. The topological polar surface area (TPSA) is 127 Å². The molecule has 34 heavy (non-hydrogen) atoms. The van der Waals surface area contributed by atoms with Gasteiger partial charge in [-0.15, -0.1) is 11.3 Å². The number of amides is 1. The predicted molar refractivity (Wildman–Crippen MR) is 129 cm³/mol. The molecule has 0 aliphatic heterocycles. The van der Waals surface area contributed by atoms with E-state index in [0.29, 0.717) is 22.0 Å². The molecule has 178 valence electrons. The van der Waals surface area contributed by atoms with Crippen LogP contribution in [0.3, 0.4) is 0 Å². The Bertz CT molecular complexity index is 1290. The molecule has 0 fully saturated rings. The van der Waals surface area contributed by atoms with Gasteiger partial charge >= 0.3 is 5.97 Å². The Morgan fingerprint density at radius 3 is 2.38 bits per heavy atom. The number of carbonyl (C=O) groups is 2. The number of aromatic nitrogens is 2. The smallest absolute Gasteiger partial charge is 0.348 e. The Balaban J connectivity index is 1.32. The molecule has 2 aromatic heterocycles. The molecule has 0 bridgehead atoms. The number of thiophene rings is 1. The molecule has 9 nitrogen and oxygen atoms in total. The highest BCUT2D eigenvalue weighted by Crippen LogP contribution is 2.30. The maximum Gasteiger partial charge on any atom is 0.348 e. The summed E-state index contributed by atoms with van der Waals surface area (Å²) in [5.41, 5.74) is 2.85. The van der Waals surface area contributed by atoms with Gasteiger partial charge in [0.15, 0.2) is 6.61 Å². The first-order chi connectivity index (χ1) is 16.2. The van der Waals surface area contributed by atoms with Crippen molar-refractivity contribution in [3.8, 4) is 0 Å². The van der Waals surface area contributed by atoms with Gasteiger partial charge in [-0.1, -0.05) is 0 Å². The van der Waals surface area contributed by atoms with Gasteiger partial charge in [0.1, 0.15) is 4.88 Å². The van der Waals surface area contributed by atoms with Crippen LogP contribution in [0.2, 0.25) is 0 Å². The van der Waals surface area contributed by atoms with Crippen molar-refractivity contribution in [3.05, 3.63) is 63.1 Å².